The third kappa shape index (κ3) is 3.50. The molecule has 4 heteroatoms. The molecular weight excluding hydrogens is 274 g/mol. The van der Waals surface area contributed by atoms with Gasteiger partial charge in [0.25, 0.3) is 0 Å². The molecular formula is C18H21N3O. The first-order chi connectivity index (χ1) is 10.7. The van der Waals surface area contributed by atoms with E-state index in [9.17, 15) is 4.79 Å². The van der Waals surface area contributed by atoms with Crippen molar-refractivity contribution in [2.45, 2.75) is 26.2 Å². The molecule has 2 heterocycles. The molecule has 1 saturated heterocycles. The fourth-order valence-corrected chi connectivity index (χ4v) is 3.03. The van der Waals surface area contributed by atoms with Crippen molar-refractivity contribution < 1.29 is 4.79 Å². The summed E-state index contributed by atoms with van der Waals surface area (Å²) in [6, 6.07) is 10.1. The van der Waals surface area contributed by atoms with Crippen molar-refractivity contribution in [1.82, 2.24) is 14.9 Å². The largest absolute Gasteiger partial charge is 0.343 e. The first kappa shape index (κ1) is 14.7. The van der Waals surface area contributed by atoms with Crippen LogP contribution >= 0.6 is 0 Å². The van der Waals surface area contributed by atoms with Gasteiger partial charge in [-0.15, -0.1) is 0 Å². The molecule has 22 heavy (non-hydrogen) atoms. The Hall–Kier alpha value is -2.23. The van der Waals surface area contributed by atoms with E-state index < -0.39 is 0 Å². The molecule has 0 saturated carbocycles. The summed E-state index contributed by atoms with van der Waals surface area (Å²) in [5.74, 6) is 0.671. The van der Waals surface area contributed by atoms with Crippen molar-refractivity contribution in [3.05, 3.63) is 48.4 Å². The summed E-state index contributed by atoms with van der Waals surface area (Å²) in [7, 11) is 0. The number of hydrogen-bond acceptors (Lipinski definition) is 3. The third-order valence-electron chi connectivity index (χ3n) is 4.24. The number of piperidine rings is 1. The Morgan fingerprint density at radius 3 is 2.73 bits per heavy atom. The van der Waals surface area contributed by atoms with Gasteiger partial charge in [-0.25, -0.2) is 0 Å². The monoisotopic (exact) mass is 295 g/mol. The Balaban J connectivity index is 1.65. The zero-order chi connectivity index (χ0) is 15.4. The quantitative estimate of drug-likeness (QED) is 0.874. The lowest BCUT2D eigenvalue weighted by atomic mass is 9.93. The van der Waals surface area contributed by atoms with Crippen LogP contribution in [0.3, 0.4) is 0 Å². The summed E-state index contributed by atoms with van der Waals surface area (Å²) in [4.78, 5) is 22.5. The molecule has 3 rings (SSSR count). The molecule has 2 aromatic rings. The Kier molecular flexibility index (Phi) is 4.47. The number of carbonyl (C=O) groups excluding carboxylic acids is 1. The highest BCUT2D eigenvalue weighted by Gasteiger charge is 2.22. The van der Waals surface area contributed by atoms with Crippen LogP contribution in [0.15, 0.2) is 42.7 Å². The van der Waals surface area contributed by atoms with Gasteiger partial charge in [0.1, 0.15) is 0 Å². The maximum atomic E-state index is 11.5. The zero-order valence-electron chi connectivity index (χ0n) is 12.9. The van der Waals surface area contributed by atoms with Gasteiger partial charge in [0, 0.05) is 31.8 Å². The second kappa shape index (κ2) is 6.69. The fraction of sp³-hybridized carbons (Fsp3) is 0.389. The fourth-order valence-electron chi connectivity index (χ4n) is 3.03. The summed E-state index contributed by atoms with van der Waals surface area (Å²) in [5.41, 5.74) is 3.00. The standard InChI is InChI=1S/C18H21N3O/c1-14(22)21-9-5-6-15(13-21)10-17-11-20-18(12-19-17)16-7-3-2-4-8-16/h2-4,7-8,11-12,15H,5-6,9-10,13H2,1H3/t15-/m1/s1. The van der Waals surface area contributed by atoms with Crippen LogP contribution in [0.2, 0.25) is 0 Å². The molecule has 1 amide bonds. The number of hydrogen-bond donors (Lipinski definition) is 0. The molecule has 114 valence electrons. The average Bonchev–Trinajstić information content (AvgIpc) is 2.56. The average molecular weight is 295 g/mol. The van der Waals surface area contributed by atoms with Crippen molar-refractivity contribution in [3.8, 4) is 11.3 Å². The number of likely N-dealkylation sites (tertiary alicyclic amines) is 1. The van der Waals surface area contributed by atoms with E-state index >= 15 is 0 Å². The predicted octanol–water partition coefficient (Wildman–Crippen LogP) is 2.94. The highest BCUT2D eigenvalue weighted by molar-refractivity contribution is 5.73. The number of nitrogens with zero attached hydrogens (tertiary/aromatic N) is 3. The van der Waals surface area contributed by atoms with Crippen LogP contribution < -0.4 is 0 Å². The van der Waals surface area contributed by atoms with Crippen molar-refractivity contribution in [3.63, 3.8) is 0 Å². The van der Waals surface area contributed by atoms with Gasteiger partial charge < -0.3 is 4.90 Å². The predicted molar refractivity (Wildman–Crippen MR) is 86.2 cm³/mol. The van der Waals surface area contributed by atoms with Gasteiger partial charge in [0.05, 0.1) is 17.6 Å². The molecule has 1 aromatic carbocycles. The minimum absolute atomic E-state index is 0.176. The van der Waals surface area contributed by atoms with E-state index in [2.05, 4.69) is 9.97 Å². The second-order valence-electron chi connectivity index (χ2n) is 5.94. The zero-order valence-corrected chi connectivity index (χ0v) is 12.9. The van der Waals surface area contributed by atoms with Gasteiger partial charge in [-0.3, -0.25) is 14.8 Å². The van der Waals surface area contributed by atoms with Gasteiger partial charge in [-0.2, -0.15) is 0 Å². The Bertz CT molecular complexity index is 625. The first-order valence-electron chi connectivity index (χ1n) is 7.84. The maximum absolute atomic E-state index is 11.5. The molecule has 0 aliphatic carbocycles. The van der Waals surface area contributed by atoms with Gasteiger partial charge in [-0.1, -0.05) is 30.3 Å². The normalized spacial score (nSPS) is 18.2. The molecule has 1 aliphatic heterocycles. The Labute approximate surface area is 131 Å². The molecule has 1 fully saturated rings. The molecule has 0 radical (unpaired) electrons. The summed E-state index contributed by atoms with van der Waals surface area (Å²) in [5, 5.41) is 0. The van der Waals surface area contributed by atoms with Crippen LogP contribution in [0.5, 0.6) is 0 Å². The summed E-state index contributed by atoms with van der Waals surface area (Å²) in [6.45, 7) is 3.39. The minimum Gasteiger partial charge on any atom is -0.343 e. The van der Waals surface area contributed by atoms with Gasteiger partial charge in [0.15, 0.2) is 0 Å². The summed E-state index contributed by atoms with van der Waals surface area (Å²) >= 11 is 0. The molecule has 1 atom stereocenters. The van der Waals surface area contributed by atoms with Crippen molar-refractivity contribution in [2.75, 3.05) is 13.1 Å². The smallest absolute Gasteiger partial charge is 0.219 e. The number of carbonyl (C=O) groups is 1. The molecule has 4 nitrogen and oxygen atoms in total. The third-order valence-corrected chi connectivity index (χ3v) is 4.24. The van der Waals surface area contributed by atoms with Gasteiger partial charge >= 0.3 is 0 Å². The molecule has 0 N–H and O–H groups in total. The molecule has 1 aliphatic rings. The van der Waals surface area contributed by atoms with Crippen molar-refractivity contribution >= 4 is 5.91 Å². The molecule has 0 bridgehead atoms. The minimum atomic E-state index is 0.176. The first-order valence-corrected chi connectivity index (χ1v) is 7.84. The van der Waals surface area contributed by atoms with E-state index in [1.807, 2.05) is 47.6 Å². The topological polar surface area (TPSA) is 46.1 Å². The molecule has 0 unspecified atom stereocenters. The van der Waals surface area contributed by atoms with E-state index in [0.29, 0.717) is 5.92 Å². The number of aromatic nitrogens is 2. The number of benzene rings is 1. The lowest BCUT2D eigenvalue weighted by Crippen LogP contribution is -2.39. The number of rotatable bonds is 3. The second-order valence-corrected chi connectivity index (χ2v) is 5.94. The van der Waals surface area contributed by atoms with Crippen molar-refractivity contribution in [2.24, 2.45) is 5.92 Å². The van der Waals surface area contributed by atoms with Gasteiger partial charge in [-0.05, 0) is 25.2 Å². The van der Waals surface area contributed by atoms with Crippen LogP contribution in [0.1, 0.15) is 25.5 Å². The van der Waals surface area contributed by atoms with Crippen LogP contribution in [-0.2, 0) is 11.2 Å². The lowest BCUT2D eigenvalue weighted by molar-refractivity contribution is -0.130. The maximum Gasteiger partial charge on any atom is 0.219 e. The van der Waals surface area contributed by atoms with Crippen LogP contribution in [0, 0.1) is 5.92 Å². The summed E-state index contributed by atoms with van der Waals surface area (Å²) in [6.07, 6.45) is 6.85. The van der Waals surface area contributed by atoms with E-state index in [1.165, 1.54) is 0 Å². The SMILES string of the molecule is CC(=O)N1CCC[C@H](Cc2cnc(-c3ccccc3)cn2)C1. The van der Waals surface area contributed by atoms with E-state index in [-0.39, 0.29) is 5.91 Å². The van der Waals surface area contributed by atoms with Crippen LogP contribution in [0.25, 0.3) is 11.3 Å². The van der Waals surface area contributed by atoms with Crippen LogP contribution in [0.4, 0.5) is 0 Å². The highest BCUT2D eigenvalue weighted by Crippen LogP contribution is 2.21. The van der Waals surface area contributed by atoms with Gasteiger partial charge in [0.2, 0.25) is 5.91 Å². The van der Waals surface area contributed by atoms with Crippen LogP contribution in [-0.4, -0.2) is 33.9 Å². The highest BCUT2D eigenvalue weighted by atomic mass is 16.2. The molecule has 1 aromatic heterocycles. The number of amides is 1. The van der Waals surface area contributed by atoms with Crippen molar-refractivity contribution in [1.29, 1.82) is 0 Å². The Morgan fingerprint density at radius 2 is 2.05 bits per heavy atom. The van der Waals surface area contributed by atoms with E-state index in [4.69, 9.17) is 0 Å². The Morgan fingerprint density at radius 1 is 1.23 bits per heavy atom. The lowest BCUT2D eigenvalue weighted by Gasteiger charge is -2.31. The van der Waals surface area contributed by atoms with E-state index in [1.54, 1.807) is 6.92 Å². The van der Waals surface area contributed by atoms with E-state index in [0.717, 1.165) is 49.3 Å². The molecule has 0 spiro atoms. The summed E-state index contributed by atoms with van der Waals surface area (Å²) < 4.78 is 0.